The molecule has 0 radical (unpaired) electrons. The van der Waals surface area contributed by atoms with Gasteiger partial charge in [0.25, 0.3) is 0 Å². The van der Waals surface area contributed by atoms with Crippen molar-refractivity contribution in [2.75, 3.05) is 25.1 Å². The molecule has 2 rings (SSSR count). The summed E-state index contributed by atoms with van der Waals surface area (Å²) in [5.74, 6) is -0.159. The van der Waals surface area contributed by atoms with Gasteiger partial charge in [-0.2, -0.15) is 0 Å². The minimum Gasteiger partial charge on any atom is -0.381 e. The van der Waals surface area contributed by atoms with E-state index < -0.39 is 0 Å². The Morgan fingerprint density at radius 1 is 1.31 bits per heavy atom. The van der Waals surface area contributed by atoms with E-state index in [1.165, 1.54) is 6.07 Å². The Kier molecular flexibility index (Phi) is 3.44. The van der Waals surface area contributed by atoms with Crippen molar-refractivity contribution < 1.29 is 9.13 Å². The molecule has 0 aliphatic carbocycles. The number of aryl methyl sites for hydroxylation is 1. The fraction of sp³-hybridized carbons (Fsp3) is 0.538. The highest BCUT2D eigenvalue weighted by Gasteiger charge is 2.19. The summed E-state index contributed by atoms with van der Waals surface area (Å²) in [7, 11) is 1.77. The van der Waals surface area contributed by atoms with E-state index in [4.69, 9.17) is 4.74 Å². The Hall–Kier alpha value is -1.09. The normalized spacial score (nSPS) is 17.8. The van der Waals surface area contributed by atoms with E-state index in [0.717, 1.165) is 37.2 Å². The lowest BCUT2D eigenvalue weighted by Gasteiger charge is -2.33. The smallest absolute Gasteiger partial charge is 0.123 e. The summed E-state index contributed by atoms with van der Waals surface area (Å²) in [5.41, 5.74) is 2.16. The molecule has 0 amide bonds. The number of hydrogen-bond donors (Lipinski definition) is 0. The van der Waals surface area contributed by atoms with Crippen molar-refractivity contribution >= 4 is 5.69 Å². The maximum atomic E-state index is 13.0. The molecule has 88 valence electrons. The summed E-state index contributed by atoms with van der Waals surface area (Å²) in [6, 6.07) is 5.00. The van der Waals surface area contributed by atoms with Crippen molar-refractivity contribution in [3.8, 4) is 0 Å². The van der Waals surface area contributed by atoms with Crippen molar-refractivity contribution in [3.63, 3.8) is 0 Å². The van der Waals surface area contributed by atoms with Gasteiger partial charge in [0, 0.05) is 25.9 Å². The molecule has 0 spiro atoms. The fourth-order valence-corrected chi connectivity index (χ4v) is 2.31. The van der Waals surface area contributed by atoms with Crippen LogP contribution in [-0.2, 0) is 4.74 Å². The Bertz CT molecular complexity index is 359. The molecule has 1 aromatic rings. The minimum atomic E-state index is -0.159. The Balaban J connectivity index is 2.08. The Morgan fingerprint density at radius 3 is 2.56 bits per heavy atom. The third kappa shape index (κ3) is 2.35. The van der Waals surface area contributed by atoms with E-state index in [0.29, 0.717) is 6.10 Å². The first-order valence-corrected chi connectivity index (χ1v) is 5.74. The zero-order valence-corrected chi connectivity index (χ0v) is 9.87. The number of anilines is 1. The molecule has 0 N–H and O–H groups in total. The molecule has 0 unspecified atom stereocenters. The summed E-state index contributed by atoms with van der Waals surface area (Å²) < 4.78 is 18.3. The maximum Gasteiger partial charge on any atom is 0.123 e. The lowest BCUT2D eigenvalue weighted by Crippen LogP contribution is -2.36. The molecule has 0 bridgehead atoms. The lowest BCUT2D eigenvalue weighted by atomic mass is 10.1. The highest BCUT2D eigenvalue weighted by atomic mass is 19.1. The van der Waals surface area contributed by atoms with Gasteiger partial charge in [-0.1, -0.05) is 0 Å². The highest BCUT2D eigenvalue weighted by molar-refractivity contribution is 5.53. The number of halogens is 1. The van der Waals surface area contributed by atoms with Crippen LogP contribution >= 0.6 is 0 Å². The summed E-state index contributed by atoms with van der Waals surface area (Å²) in [5, 5.41) is 0. The summed E-state index contributed by atoms with van der Waals surface area (Å²) >= 11 is 0. The number of hydrogen-bond acceptors (Lipinski definition) is 2. The Morgan fingerprint density at radius 2 is 2.00 bits per heavy atom. The number of ether oxygens (including phenoxy) is 1. The molecular formula is C13H18FNO. The predicted octanol–water partition coefficient (Wildman–Crippen LogP) is 2.75. The molecule has 16 heavy (non-hydrogen) atoms. The van der Waals surface area contributed by atoms with Gasteiger partial charge in [0.1, 0.15) is 5.82 Å². The number of piperidine rings is 1. The minimum absolute atomic E-state index is 0.159. The monoisotopic (exact) mass is 223 g/mol. The van der Waals surface area contributed by atoms with E-state index in [1.807, 2.05) is 13.0 Å². The molecule has 2 nitrogen and oxygen atoms in total. The maximum absolute atomic E-state index is 13.0. The van der Waals surface area contributed by atoms with Crippen molar-refractivity contribution in [1.82, 2.24) is 0 Å². The number of benzene rings is 1. The highest BCUT2D eigenvalue weighted by Crippen LogP contribution is 2.25. The molecule has 1 aromatic carbocycles. The second-order valence-corrected chi connectivity index (χ2v) is 4.35. The number of rotatable bonds is 2. The molecule has 0 atom stereocenters. The summed E-state index contributed by atoms with van der Waals surface area (Å²) in [6.07, 6.45) is 2.48. The average Bonchev–Trinajstić information content (AvgIpc) is 2.29. The average molecular weight is 223 g/mol. The van der Waals surface area contributed by atoms with E-state index in [-0.39, 0.29) is 5.82 Å². The fourth-order valence-electron chi connectivity index (χ4n) is 2.31. The zero-order valence-electron chi connectivity index (χ0n) is 9.87. The Labute approximate surface area is 96.0 Å². The third-order valence-electron chi connectivity index (χ3n) is 3.27. The first kappa shape index (κ1) is 11.4. The standard InChI is InChI=1S/C13H18FNO/c1-10-9-11(14)3-4-13(10)15-7-5-12(16-2)6-8-15/h3-4,9,12H,5-8H2,1-2H3. The predicted molar refractivity (Wildman–Crippen MR) is 63.4 cm³/mol. The van der Waals surface area contributed by atoms with Crippen LogP contribution in [0.15, 0.2) is 18.2 Å². The number of methoxy groups -OCH3 is 1. The summed E-state index contributed by atoms with van der Waals surface area (Å²) in [6.45, 7) is 3.94. The van der Waals surface area contributed by atoms with Gasteiger partial charge in [0.15, 0.2) is 0 Å². The van der Waals surface area contributed by atoms with E-state index in [1.54, 1.807) is 13.2 Å². The quantitative estimate of drug-likeness (QED) is 0.764. The van der Waals surface area contributed by atoms with Crippen molar-refractivity contribution in [1.29, 1.82) is 0 Å². The largest absolute Gasteiger partial charge is 0.381 e. The van der Waals surface area contributed by atoms with Crippen LogP contribution in [-0.4, -0.2) is 26.3 Å². The van der Waals surface area contributed by atoms with Gasteiger partial charge in [0.05, 0.1) is 6.10 Å². The van der Waals surface area contributed by atoms with Crippen molar-refractivity contribution in [2.45, 2.75) is 25.9 Å². The molecule has 0 saturated carbocycles. The first-order valence-electron chi connectivity index (χ1n) is 5.74. The SMILES string of the molecule is COC1CCN(c2ccc(F)cc2C)CC1. The van der Waals surface area contributed by atoms with Crippen molar-refractivity contribution in [3.05, 3.63) is 29.6 Å². The van der Waals surface area contributed by atoms with Crippen LogP contribution in [0.3, 0.4) is 0 Å². The van der Waals surface area contributed by atoms with E-state index >= 15 is 0 Å². The van der Waals surface area contributed by atoms with Gasteiger partial charge in [-0.25, -0.2) is 4.39 Å². The third-order valence-corrected chi connectivity index (χ3v) is 3.27. The van der Waals surface area contributed by atoms with Crippen LogP contribution in [0.4, 0.5) is 10.1 Å². The second-order valence-electron chi connectivity index (χ2n) is 4.35. The molecule has 0 aromatic heterocycles. The van der Waals surface area contributed by atoms with Gasteiger partial charge in [-0.05, 0) is 43.5 Å². The molecule has 3 heteroatoms. The molecular weight excluding hydrogens is 205 g/mol. The van der Waals surface area contributed by atoms with E-state index in [9.17, 15) is 4.39 Å². The molecule has 1 saturated heterocycles. The topological polar surface area (TPSA) is 12.5 Å². The molecule has 1 aliphatic heterocycles. The molecule has 1 aliphatic rings. The zero-order chi connectivity index (χ0) is 11.5. The van der Waals surface area contributed by atoms with Crippen LogP contribution in [0.2, 0.25) is 0 Å². The van der Waals surface area contributed by atoms with Gasteiger partial charge < -0.3 is 9.64 Å². The number of nitrogens with zero attached hydrogens (tertiary/aromatic N) is 1. The van der Waals surface area contributed by atoms with Gasteiger partial charge >= 0.3 is 0 Å². The van der Waals surface area contributed by atoms with Gasteiger partial charge in [0.2, 0.25) is 0 Å². The van der Waals surface area contributed by atoms with Crippen molar-refractivity contribution in [2.24, 2.45) is 0 Å². The lowest BCUT2D eigenvalue weighted by molar-refractivity contribution is 0.0819. The molecule has 1 fully saturated rings. The van der Waals surface area contributed by atoms with E-state index in [2.05, 4.69) is 4.90 Å². The van der Waals surface area contributed by atoms with Crippen LogP contribution < -0.4 is 4.90 Å². The van der Waals surface area contributed by atoms with Crippen LogP contribution in [0.25, 0.3) is 0 Å². The van der Waals surface area contributed by atoms with Crippen LogP contribution in [0.1, 0.15) is 18.4 Å². The van der Waals surface area contributed by atoms with Crippen LogP contribution in [0, 0.1) is 12.7 Å². The van der Waals surface area contributed by atoms with Gasteiger partial charge in [-0.3, -0.25) is 0 Å². The second kappa shape index (κ2) is 4.83. The first-order chi connectivity index (χ1) is 7.70. The van der Waals surface area contributed by atoms with Gasteiger partial charge in [-0.15, -0.1) is 0 Å². The van der Waals surface area contributed by atoms with Crippen LogP contribution in [0.5, 0.6) is 0 Å². The summed E-state index contributed by atoms with van der Waals surface area (Å²) in [4.78, 5) is 2.31. The molecule has 1 heterocycles.